The topological polar surface area (TPSA) is 72.4 Å². The second-order valence-electron chi connectivity index (χ2n) is 11.8. The largest absolute Gasteiger partial charge is 0.492 e. The number of methoxy groups -OCH3 is 1. The van der Waals surface area contributed by atoms with Crippen LogP contribution < -0.4 is 21.4 Å². The molecule has 43 heavy (non-hydrogen) atoms. The number of aromatic amines is 4. The van der Waals surface area contributed by atoms with Gasteiger partial charge in [0.15, 0.2) is 5.76 Å². The summed E-state index contributed by atoms with van der Waals surface area (Å²) in [5, 5.41) is 4.74. The number of rotatable bonds is 9. The van der Waals surface area contributed by atoms with Gasteiger partial charge in [-0.1, -0.05) is 55.4 Å². The number of ether oxygens (including phenoxy) is 1. The molecule has 1 aliphatic heterocycles. The minimum atomic E-state index is 0.909. The summed E-state index contributed by atoms with van der Waals surface area (Å²) in [6, 6.07) is 0. The van der Waals surface area contributed by atoms with Crippen molar-refractivity contribution in [2.24, 2.45) is 0 Å². The van der Waals surface area contributed by atoms with E-state index >= 15 is 0 Å². The lowest BCUT2D eigenvalue weighted by atomic mass is 9.98. The minimum absolute atomic E-state index is 0.909. The van der Waals surface area contributed by atoms with Gasteiger partial charge in [-0.3, -0.25) is 0 Å². The Labute approximate surface area is 257 Å². The van der Waals surface area contributed by atoms with Gasteiger partial charge in [0, 0.05) is 33.1 Å². The summed E-state index contributed by atoms with van der Waals surface area (Å²) in [4.78, 5) is 15.6. The molecule has 0 aliphatic carbocycles. The zero-order chi connectivity index (χ0) is 31.0. The molecule has 0 saturated carbocycles. The minimum Gasteiger partial charge on any atom is -0.492 e. The van der Waals surface area contributed by atoms with Gasteiger partial charge in [-0.2, -0.15) is 0 Å². The van der Waals surface area contributed by atoms with Crippen LogP contribution in [0.2, 0.25) is 0 Å². The number of hydrogen-bond donors (Lipinski definition) is 4. The van der Waals surface area contributed by atoms with Gasteiger partial charge in [-0.05, 0) is 121 Å². The predicted molar refractivity (Wildman–Crippen MR) is 182 cm³/mol. The Kier molecular flexibility index (Phi) is 9.01. The number of fused-ring (bicyclic) bond motifs is 8. The highest BCUT2D eigenvalue weighted by atomic mass is 16.5. The number of H-pyrrole nitrogens is 4. The molecule has 5 nitrogen and oxygen atoms in total. The van der Waals surface area contributed by atoms with Crippen molar-refractivity contribution in [3.63, 3.8) is 0 Å². The second kappa shape index (κ2) is 12.6. The lowest BCUT2D eigenvalue weighted by molar-refractivity contribution is 0.363. The van der Waals surface area contributed by atoms with Crippen LogP contribution in [0.3, 0.4) is 0 Å². The Morgan fingerprint density at radius 1 is 0.465 bits per heavy atom. The molecule has 5 rings (SSSR count). The fraction of sp³-hybridized carbons (Fsp3) is 0.474. The molecule has 4 N–H and O–H groups in total. The van der Waals surface area contributed by atoms with Gasteiger partial charge >= 0.3 is 0 Å². The first-order valence-corrected chi connectivity index (χ1v) is 16.8. The normalized spacial score (nSPS) is 13.0. The summed E-state index contributed by atoms with van der Waals surface area (Å²) in [6.45, 7) is 20.5. The van der Waals surface area contributed by atoms with E-state index in [0.717, 1.165) is 68.2 Å². The van der Waals surface area contributed by atoms with E-state index in [1.165, 1.54) is 83.2 Å². The first-order chi connectivity index (χ1) is 20.8. The fourth-order valence-electron chi connectivity index (χ4n) is 7.84. The summed E-state index contributed by atoms with van der Waals surface area (Å²) < 4.78 is 6.34. The van der Waals surface area contributed by atoms with Crippen LogP contribution in [0.5, 0.6) is 0 Å². The maximum absolute atomic E-state index is 6.34. The molecular weight excluding hydrogens is 528 g/mol. The zero-order valence-corrected chi connectivity index (χ0v) is 28.2. The zero-order valence-electron chi connectivity index (χ0n) is 28.2. The third-order valence-electron chi connectivity index (χ3n) is 9.82. The molecule has 0 atom stereocenters. The Morgan fingerprint density at radius 2 is 0.884 bits per heavy atom. The molecule has 5 heteroatoms. The highest BCUT2D eigenvalue weighted by Gasteiger charge is 2.23. The molecule has 0 amide bonds. The molecule has 0 fully saturated rings. The lowest BCUT2D eigenvalue weighted by Crippen LogP contribution is -2.19. The molecule has 230 valence electrons. The van der Waals surface area contributed by atoms with E-state index in [4.69, 9.17) is 4.74 Å². The van der Waals surface area contributed by atoms with Gasteiger partial charge < -0.3 is 24.7 Å². The Balaban J connectivity index is 2.10. The van der Waals surface area contributed by atoms with Crippen LogP contribution in [0, 0.1) is 0 Å². The van der Waals surface area contributed by atoms with E-state index in [-0.39, 0.29) is 0 Å². The molecule has 0 saturated heterocycles. The van der Waals surface area contributed by atoms with Crippen LogP contribution in [0.15, 0.2) is 0 Å². The van der Waals surface area contributed by atoms with E-state index in [0.29, 0.717) is 0 Å². The van der Waals surface area contributed by atoms with Gasteiger partial charge in [-0.25, -0.2) is 0 Å². The maximum atomic E-state index is 6.34. The highest BCUT2D eigenvalue weighted by Crippen LogP contribution is 2.28. The van der Waals surface area contributed by atoms with Crippen molar-refractivity contribution in [2.45, 2.75) is 114 Å². The summed E-state index contributed by atoms with van der Waals surface area (Å²) >= 11 is 0. The van der Waals surface area contributed by atoms with Crippen molar-refractivity contribution in [3.05, 3.63) is 88.7 Å². The highest BCUT2D eigenvalue weighted by molar-refractivity contribution is 5.72. The Morgan fingerprint density at radius 3 is 1.33 bits per heavy atom. The fourth-order valence-corrected chi connectivity index (χ4v) is 7.84. The van der Waals surface area contributed by atoms with Gasteiger partial charge in [0.1, 0.15) is 0 Å². The van der Waals surface area contributed by atoms with Gasteiger partial charge in [0.2, 0.25) is 0 Å². The summed E-state index contributed by atoms with van der Waals surface area (Å²) in [6.07, 6.45) is 12.5. The maximum Gasteiger partial charge on any atom is 0.166 e. The molecule has 4 aromatic rings. The van der Waals surface area contributed by atoms with Crippen LogP contribution in [-0.4, -0.2) is 27.0 Å². The van der Waals surface area contributed by atoms with Crippen LogP contribution in [0.25, 0.3) is 23.5 Å². The summed E-state index contributed by atoms with van der Waals surface area (Å²) in [5.74, 6) is 0.909. The van der Waals surface area contributed by atoms with Crippen LogP contribution >= 0.6 is 0 Å². The van der Waals surface area contributed by atoms with Gasteiger partial charge in [0.05, 0.1) is 18.2 Å². The number of hydrogen-bond acceptors (Lipinski definition) is 1. The Hall–Kier alpha value is -3.60. The Bertz CT molecular complexity index is 1900. The molecule has 1 aliphatic rings. The van der Waals surface area contributed by atoms with E-state index in [1.54, 1.807) is 0 Å². The lowest BCUT2D eigenvalue weighted by Gasteiger charge is -2.08. The van der Waals surface area contributed by atoms with Crippen LogP contribution in [-0.2, 0) is 56.1 Å². The van der Waals surface area contributed by atoms with Gasteiger partial charge in [0.25, 0.3) is 0 Å². The molecule has 0 aromatic carbocycles. The smallest absolute Gasteiger partial charge is 0.166 e. The van der Waals surface area contributed by atoms with E-state index in [1.807, 2.05) is 7.11 Å². The quantitative estimate of drug-likeness (QED) is 0.208. The summed E-state index contributed by atoms with van der Waals surface area (Å²) in [5.41, 5.74) is 17.1. The number of aromatic nitrogens is 4. The molecule has 5 heterocycles. The van der Waals surface area contributed by atoms with Crippen molar-refractivity contribution in [3.8, 4) is 0 Å². The van der Waals surface area contributed by atoms with Crippen LogP contribution in [0.4, 0.5) is 0 Å². The molecule has 4 aromatic heterocycles. The first-order valence-electron chi connectivity index (χ1n) is 16.8. The summed E-state index contributed by atoms with van der Waals surface area (Å²) in [7, 11) is 1.82. The third-order valence-corrected chi connectivity index (χ3v) is 9.82. The monoisotopic (exact) mass is 580 g/mol. The standard InChI is InChI=1S/C38H52N4O/c1-11-22-23(12-2)31-20-33-25(14-4)27(16-6)36(41-33)38(43-10)37-29(18-8)28(17-7)35(42-37)21(9)34-26(15-5)24(13-3)32(40-34)19-30(22)39-31/h19-20,39-42H,11-18H2,1-10H3. The average molecular weight is 581 g/mol. The SMILES string of the molecule is CCc1c2[nH]c(c1CC)C(C)=c1[nH]c(c(CC)c1CC)=C(OC)c1[nH]c(c(CC)c1CC)C=c1[nH]c(c(CC)c1CC)=C2. The second-order valence-corrected chi connectivity index (χ2v) is 11.8. The van der Waals surface area contributed by atoms with Crippen molar-refractivity contribution in [2.75, 3.05) is 7.11 Å². The van der Waals surface area contributed by atoms with E-state index in [2.05, 4.69) is 94.4 Å². The van der Waals surface area contributed by atoms with Crippen LogP contribution in [0.1, 0.15) is 130 Å². The van der Waals surface area contributed by atoms with E-state index < -0.39 is 0 Å². The average Bonchev–Trinajstić information content (AvgIpc) is 3.76. The van der Waals surface area contributed by atoms with Crippen molar-refractivity contribution in [1.29, 1.82) is 0 Å². The first kappa shape index (κ1) is 30.8. The molecular formula is C38H52N4O. The molecule has 0 unspecified atom stereocenters. The molecule has 0 spiro atoms. The number of nitrogens with one attached hydrogen (secondary N) is 4. The van der Waals surface area contributed by atoms with Crippen molar-refractivity contribution in [1.82, 2.24) is 19.9 Å². The predicted octanol–water partition coefficient (Wildman–Crippen LogP) is 5.49. The van der Waals surface area contributed by atoms with Crippen molar-refractivity contribution < 1.29 is 4.74 Å². The van der Waals surface area contributed by atoms with E-state index in [9.17, 15) is 0 Å². The molecule has 8 bridgehead atoms. The van der Waals surface area contributed by atoms with Crippen molar-refractivity contribution >= 4 is 23.5 Å². The van der Waals surface area contributed by atoms with Gasteiger partial charge in [-0.15, -0.1) is 0 Å². The third kappa shape index (κ3) is 4.85. The molecule has 0 radical (unpaired) electrons.